The summed E-state index contributed by atoms with van der Waals surface area (Å²) in [5.74, 6) is -2.57. The van der Waals surface area contributed by atoms with Crippen LogP contribution in [0.25, 0.3) is 11.3 Å². The lowest BCUT2D eigenvalue weighted by Crippen LogP contribution is -2.59. The van der Waals surface area contributed by atoms with Gasteiger partial charge >= 0.3 is 5.97 Å². The molecule has 3 rings (SSSR count). The van der Waals surface area contributed by atoms with Gasteiger partial charge in [-0.2, -0.15) is 0 Å². The van der Waals surface area contributed by atoms with Crippen molar-refractivity contribution in [3.05, 3.63) is 42.5 Å². The number of nitrogens with one attached hydrogen (secondary N) is 2. The summed E-state index contributed by atoms with van der Waals surface area (Å²) in [7, 11) is 1.55. The van der Waals surface area contributed by atoms with Gasteiger partial charge < -0.3 is 14.8 Å². The van der Waals surface area contributed by atoms with Gasteiger partial charge in [0, 0.05) is 25.1 Å². The van der Waals surface area contributed by atoms with Crippen molar-refractivity contribution in [2.45, 2.75) is 45.1 Å². The molecule has 0 aliphatic carbocycles. The Hall–Kier alpha value is -3.20. The number of nitrogens with zero attached hydrogens (tertiary/aromatic N) is 2. The molecule has 1 aromatic heterocycles. The van der Waals surface area contributed by atoms with Crippen LogP contribution < -0.4 is 10.7 Å². The van der Waals surface area contributed by atoms with Gasteiger partial charge in [-0.25, -0.2) is 10.4 Å². The maximum Gasteiger partial charge on any atom is 0.306 e. The number of amides is 2. The number of rotatable bonds is 9. The summed E-state index contributed by atoms with van der Waals surface area (Å²) in [6.45, 7) is 2.21. The molecule has 9 heteroatoms. The Bertz CT molecular complexity index is 913. The molecule has 2 aromatic rings. The molecule has 1 aliphatic rings. The molecular weight excluding hydrogens is 412 g/mol. The van der Waals surface area contributed by atoms with Crippen LogP contribution in [0, 0.1) is 11.8 Å². The summed E-state index contributed by atoms with van der Waals surface area (Å²) in [6.07, 6.45) is 5.62. The first-order valence-corrected chi connectivity index (χ1v) is 10.9. The number of hydrogen-bond donors (Lipinski definition) is 3. The summed E-state index contributed by atoms with van der Waals surface area (Å²) in [5.41, 5.74) is 5.76. The molecule has 1 saturated heterocycles. The van der Waals surface area contributed by atoms with Crippen molar-refractivity contribution in [2.24, 2.45) is 11.8 Å². The van der Waals surface area contributed by atoms with Gasteiger partial charge in [-0.05, 0) is 37.7 Å². The average Bonchev–Trinajstić information content (AvgIpc) is 3.36. The van der Waals surface area contributed by atoms with Gasteiger partial charge in [-0.1, -0.05) is 31.2 Å². The third kappa shape index (κ3) is 5.73. The summed E-state index contributed by atoms with van der Waals surface area (Å²) in [5, 5.41) is 13.4. The smallest absolute Gasteiger partial charge is 0.306 e. The van der Waals surface area contributed by atoms with Crippen LogP contribution in [0.1, 0.15) is 38.2 Å². The number of carbonyl (C=O) groups excluding carboxylic acids is 2. The van der Waals surface area contributed by atoms with E-state index in [1.807, 2.05) is 24.3 Å². The fourth-order valence-electron chi connectivity index (χ4n) is 3.99. The molecule has 9 nitrogen and oxygen atoms in total. The highest BCUT2D eigenvalue weighted by molar-refractivity contribution is 5.88. The Balaban J connectivity index is 1.72. The minimum absolute atomic E-state index is 0.212. The predicted molar refractivity (Wildman–Crippen MR) is 117 cm³/mol. The van der Waals surface area contributed by atoms with Crippen molar-refractivity contribution >= 4 is 17.8 Å². The quantitative estimate of drug-likeness (QED) is 0.544. The van der Waals surface area contributed by atoms with Crippen LogP contribution >= 0.6 is 0 Å². The molecular formula is C23H30N4O5. The molecule has 2 amide bonds. The zero-order chi connectivity index (χ0) is 23.1. The van der Waals surface area contributed by atoms with E-state index in [0.717, 1.165) is 23.2 Å². The maximum atomic E-state index is 13.4. The van der Waals surface area contributed by atoms with E-state index in [9.17, 15) is 19.5 Å². The molecule has 2 heterocycles. The molecule has 0 spiro atoms. The highest BCUT2D eigenvalue weighted by Gasteiger charge is 2.36. The first-order valence-electron chi connectivity index (χ1n) is 10.9. The Kier molecular flexibility index (Phi) is 7.99. The number of hydrazine groups is 1. The van der Waals surface area contributed by atoms with Crippen LogP contribution in [0.5, 0.6) is 0 Å². The highest BCUT2D eigenvalue weighted by atomic mass is 16.4. The fraction of sp³-hybridized carbons (Fsp3) is 0.478. The number of likely N-dealkylation sites (N-methyl/N-ethyl adjacent to an activating group) is 1. The van der Waals surface area contributed by atoms with Crippen molar-refractivity contribution in [1.82, 2.24) is 20.7 Å². The number of aliphatic carboxylic acids is 1. The molecule has 32 heavy (non-hydrogen) atoms. The Morgan fingerprint density at radius 1 is 1.31 bits per heavy atom. The van der Waals surface area contributed by atoms with E-state index >= 15 is 0 Å². The number of oxazole rings is 1. The molecule has 3 atom stereocenters. The first-order chi connectivity index (χ1) is 15.4. The highest BCUT2D eigenvalue weighted by Crippen LogP contribution is 2.25. The largest absolute Gasteiger partial charge is 0.481 e. The van der Waals surface area contributed by atoms with Crippen LogP contribution in [0.2, 0.25) is 0 Å². The third-order valence-corrected chi connectivity index (χ3v) is 5.91. The van der Waals surface area contributed by atoms with Gasteiger partial charge in [0.25, 0.3) is 0 Å². The van der Waals surface area contributed by atoms with Crippen LogP contribution in [-0.2, 0) is 20.8 Å². The van der Waals surface area contributed by atoms with E-state index in [4.69, 9.17) is 4.42 Å². The monoisotopic (exact) mass is 442 g/mol. The normalized spacial score (nSPS) is 18.1. The van der Waals surface area contributed by atoms with Crippen molar-refractivity contribution < 1.29 is 23.9 Å². The molecule has 0 radical (unpaired) electrons. The standard InChI is InChI=1S/C23H30N4O5/c1-15(23(30)31)12-18(22(29)27-20(21(28)24-2)4-3-11-26-27)10-7-16-5-8-17(9-6-16)19-13-32-14-25-19/h5-6,8-9,13-15,18,20,26H,3-4,7,10-12H2,1-2H3,(H,24,28)(H,30,31)/t15?,18?,20-/m0/s1. The number of carbonyl (C=O) groups is 3. The molecule has 3 N–H and O–H groups in total. The molecule has 2 unspecified atom stereocenters. The van der Waals surface area contributed by atoms with Crippen molar-refractivity contribution in [1.29, 1.82) is 0 Å². The van der Waals surface area contributed by atoms with Gasteiger partial charge in [0.15, 0.2) is 6.39 Å². The van der Waals surface area contributed by atoms with E-state index in [0.29, 0.717) is 25.8 Å². The minimum atomic E-state index is -0.936. The summed E-state index contributed by atoms with van der Waals surface area (Å²) < 4.78 is 5.02. The van der Waals surface area contributed by atoms with Gasteiger partial charge in [-0.3, -0.25) is 19.4 Å². The number of aryl methyl sites for hydroxylation is 1. The zero-order valence-corrected chi connectivity index (χ0v) is 18.4. The second-order valence-corrected chi connectivity index (χ2v) is 8.17. The predicted octanol–water partition coefficient (Wildman–Crippen LogP) is 2.24. The molecule has 1 fully saturated rings. The number of aromatic nitrogens is 1. The zero-order valence-electron chi connectivity index (χ0n) is 18.4. The minimum Gasteiger partial charge on any atom is -0.481 e. The van der Waals surface area contributed by atoms with Crippen molar-refractivity contribution in [2.75, 3.05) is 13.6 Å². The van der Waals surface area contributed by atoms with Crippen LogP contribution in [0.4, 0.5) is 0 Å². The average molecular weight is 443 g/mol. The van der Waals surface area contributed by atoms with E-state index in [1.165, 1.54) is 11.4 Å². The Morgan fingerprint density at radius 2 is 2.06 bits per heavy atom. The molecule has 1 aromatic carbocycles. The van der Waals surface area contributed by atoms with E-state index in [1.54, 1.807) is 20.2 Å². The van der Waals surface area contributed by atoms with Crippen LogP contribution in [0.3, 0.4) is 0 Å². The van der Waals surface area contributed by atoms with Crippen LogP contribution in [0.15, 0.2) is 41.3 Å². The summed E-state index contributed by atoms with van der Waals surface area (Å²) in [4.78, 5) is 41.3. The lowest BCUT2D eigenvalue weighted by Gasteiger charge is -2.37. The topological polar surface area (TPSA) is 125 Å². The number of benzene rings is 1. The van der Waals surface area contributed by atoms with Gasteiger partial charge in [-0.15, -0.1) is 0 Å². The number of carboxylic acids is 1. The third-order valence-electron chi connectivity index (χ3n) is 5.91. The number of carboxylic acid groups (broad SMARTS) is 1. The van der Waals surface area contributed by atoms with Gasteiger partial charge in [0.1, 0.15) is 18.0 Å². The molecule has 0 bridgehead atoms. The fourth-order valence-corrected chi connectivity index (χ4v) is 3.99. The Labute approximate surface area is 187 Å². The summed E-state index contributed by atoms with van der Waals surface area (Å²) >= 11 is 0. The lowest BCUT2D eigenvalue weighted by molar-refractivity contribution is -0.151. The van der Waals surface area contributed by atoms with Gasteiger partial charge in [0.05, 0.1) is 5.92 Å². The maximum absolute atomic E-state index is 13.4. The number of hydrogen-bond acceptors (Lipinski definition) is 6. The van der Waals surface area contributed by atoms with Gasteiger partial charge in [0.2, 0.25) is 11.8 Å². The van der Waals surface area contributed by atoms with Crippen molar-refractivity contribution in [3.63, 3.8) is 0 Å². The van der Waals surface area contributed by atoms with Crippen molar-refractivity contribution in [3.8, 4) is 11.3 Å². The SMILES string of the molecule is CNC(=O)[C@@H]1CCCNN1C(=O)C(CCc1ccc(-c2cocn2)cc1)CC(C)C(=O)O. The van der Waals surface area contributed by atoms with E-state index < -0.39 is 23.8 Å². The Morgan fingerprint density at radius 3 is 2.69 bits per heavy atom. The summed E-state index contributed by atoms with van der Waals surface area (Å²) in [6, 6.07) is 7.23. The second kappa shape index (κ2) is 10.9. The molecule has 0 saturated carbocycles. The first kappa shape index (κ1) is 23.5. The lowest BCUT2D eigenvalue weighted by atomic mass is 9.88. The molecule has 172 valence electrons. The van der Waals surface area contributed by atoms with E-state index in [2.05, 4.69) is 15.7 Å². The van der Waals surface area contributed by atoms with Crippen LogP contribution in [-0.4, -0.2) is 52.5 Å². The second-order valence-electron chi connectivity index (χ2n) is 8.17. The molecule has 1 aliphatic heterocycles. The van der Waals surface area contributed by atoms with E-state index in [-0.39, 0.29) is 18.2 Å².